The Morgan fingerprint density at radius 3 is 2.74 bits per heavy atom. The summed E-state index contributed by atoms with van der Waals surface area (Å²) in [5, 5.41) is 18.3. The fourth-order valence-corrected chi connectivity index (χ4v) is 3.51. The Balaban J connectivity index is 1.66. The van der Waals surface area contributed by atoms with Gasteiger partial charge < -0.3 is 4.74 Å². The van der Waals surface area contributed by atoms with Crippen molar-refractivity contribution in [1.82, 2.24) is 25.0 Å². The van der Waals surface area contributed by atoms with Crippen LogP contribution < -0.4 is 15.4 Å². The number of hydrogen-bond donors (Lipinski definition) is 2. The average Bonchev–Trinajstić information content (AvgIpc) is 3.60. The van der Waals surface area contributed by atoms with E-state index in [1.165, 1.54) is 7.11 Å². The first kappa shape index (κ1) is 23.7. The molecule has 1 amide bonds. The van der Waals surface area contributed by atoms with Crippen molar-refractivity contribution in [2.45, 2.75) is 19.4 Å². The molecule has 0 aliphatic heterocycles. The van der Waals surface area contributed by atoms with E-state index in [-0.39, 0.29) is 23.3 Å². The van der Waals surface area contributed by atoms with Crippen molar-refractivity contribution in [3.63, 3.8) is 0 Å². The molecule has 0 unspecified atom stereocenters. The van der Waals surface area contributed by atoms with Crippen molar-refractivity contribution < 1.29 is 41.3 Å². The number of aromatic nitrogens is 5. The number of amides is 1. The van der Waals surface area contributed by atoms with Crippen LogP contribution in [-0.4, -0.2) is 57.7 Å². The van der Waals surface area contributed by atoms with Crippen molar-refractivity contribution in [1.29, 1.82) is 0 Å². The van der Waals surface area contributed by atoms with Gasteiger partial charge in [0, 0.05) is 7.11 Å². The summed E-state index contributed by atoms with van der Waals surface area (Å²) in [6.07, 6.45) is 3.33. The molecule has 2 heterocycles. The van der Waals surface area contributed by atoms with Gasteiger partial charge in [0.15, 0.2) is 0 Å². The maximum atomic E-state index is 12.3. The molecular formula is C21H22N7O5Zn. The molecule has 0 spiro atoms. The molecule has 4 rings (SSSR count). The molecule has 1 saturated carbocycles. The van der Waals surface area contributed by atoms with Crippen LogP contribution in [0.25, 0.3) is 11.4 Å². The quantitative estimate of drug-likeness (QED) is 0.384. The molecule has 1 aromatic carbocycles. The minimum absolute atomic E-state index is 0.00290. The summed E-state index contributed by atoms with van der Waals surface area (Å²) in [5.41, 5.74) is 1.50. The molecule has 13 heteroatoms. The molecule has 2 aromatic heterocycles. The Morgan fingerprint density at radius 2 is 2.03 bits per heavy atom. The van der Waals surface area contributed by atoms with Crippen LogP contribution >= 0.6 is 0 Å². The van der Waals surface area contributed by atoms with Crippen LogP contribution in [0.5, 0.6) is 5.75 Å². The topological polar surface area (TPSA) is 142 Å². The summed E-state index contributed by atoms with van der Waals surface area (Å²) >= 11 is 0.302. The Labute approximate surface area is 205 Å². The van der Waals surface area contributed by atoms with Gasteiger partial charge in [-0.1, -0.05) is 0 Å². The second-order valence-electron chi connectivity index (χ2n) is 7.52. The summed E-state index contributed by atoms with van der Waals surface area (Å²) in [5.74, 6) is 0.432. The molecule has 173 valence electrons. The monoisotopic (exact) mass is 516 g/mol. The Kier molecular flexibility index (Phi) is 7.44. The molecule has 2 N–H and O–H groups in total. The normalized spacial score (nSPS) is 12.8. The minimum atomic E-state index is -0.622. The van der Waals surface area contributed by atoms with E-state index < -0.39 is 5.97 Å². The summed E-state index contributed by atoms with van der Waals surface area (Å²) in [4.78, 5) is 28.9. The van der Waals surface area contributed by atoms with Gasteiger partial charge in [-0.3, -0.25) is 0 Å². The first-order valence-corrected chi connectivity index (χ1v) is 11.7. The number of nitrogens with one attached hydrogen (secondary N) is 2. The van der Waals surface area contributed by atoms with Crippen LogP contribution in [0.4, 0.5) is 17.2 Å². The van der Waals surface area contributed by atoms with E-state index in [0.717, 1.165) is 12.8 Å². The average molecular weight is 518 g/mol. The zero-order valence-electron chi connectivity index (χ0n) is 18.8. The zero-order chi connectivity index (χ0) is 24.1. The number of methoxy groups -OCH3 is 2. The van der Waals surface area contributed by atoms with Gasteiger partial charge in [-0.2, -0.15) is 0 Å². The third-order valence-electron chi connectivity index (χ3n) is 5.11. The van der Waals surface area contributed by atoms with Crippen molar-refractivity contribution >= 4 is 29.1 Å². The number of rotatable bonds is 10. The third-order valence-corrected chi connectivity index (χ3v) is 5.66. The molecule has 34 heavy (non-hydrogen) atoms. The second kappa shape index (κ2) is 10.7. The summed E-state index contributed by atoms with van der Waals surface area (Å²) in [6, 6.07) is 6.97. The van der Waals surface area contributed by atoms with Gasteiger partial charge in [0.05, 0.1) is 6.61 Å². The van der Waals surface area contributed by atoms with Gasteiger partial charge in [-0.15, -0.1) is 0 Å². The van der Waals surface area contributed by atoms with Gasteiger partial charge in [0.1, 0.15) is 0 Å². The molecule has 0 bridgehead atoms. The van der Waals surface area contributed by atoms with Crippen molar-refractivity contribution in [2.75, 3.05) is 31.5 Å². The predicted octanol–water partition coefficient (Wildman–Crippen LogP) is 2.10. The molecule has 1 aliphatic rings. The molecule has 1 fully saturated rings. The Bertz CT molecular complexity index is 1200. The van der Waals surface area contributed by atoms with Gasteiger partial charge >= 0.3 is 187 Å². The Hall–Kier alpha value is -3.44. The summed E-state index contributed by atoms with van der Waals surface area (Å²) in [7, 11) is 3.15. The third kappa shape index (κ3) is 5.37. The Morgan fingerprint density at radius 1 is 1.21 bits per heavy atom. The fourth-order valence-electron chi connectivity index (χ4n) is 3.23. The first-order chi connectivity index (χ1) is 16.5. The number of benzene rings is 1. The number of carbonyl (C=O) groups is 2. The van der Waals surface area contributed by atoms with E-state index in [2.05, 4.69) is 30.9 Å². The van der Waals surface area contributed by atoms with E-state index in [4.69, 9.17) is 13.0 Å². The van der Waals surface area contributed by atoms with E-state index in [1.807, 2.05) is 12.1 Å². The summed E-state index contributed by atoms with van der Waals surface area (Å²) < 4.78 is 17.4. The van der Waals surface area contributed by atoms with Crippen molar-refractivity contribution in [2.24, 2.45) is 5.92 Å². The number of ether oxygens (including phenoxy) is 2. The van der Waals surface area contributed by atoms with E-state index in [9.17, 15) is 9.59 Å². The number of nitrogens with zero attached hydrogens (tertiary/aromatic N) is 5. The predicted molar refractivity (Wildman–Crippen MR) is 116 cm³/mol. The molecule has 0 radical (unpaired) electrons. The van der Waals surface area contributed by atoms with Gasteiger partial charge in [-0.05, 0) is 0 Å². The SMILES string of the molecule is COCCn1cnc(-c2cccc(Nc3cc(NC(=O)C4CC4)nnc3C(=O)[O][Zn])c2OC)n1. The van der Waals surface area contributed by atoms with Crippen LogP contribution in [0.1, 0.15) is 23.3 Å². The van der Waals surface area contributed by atoms with E-state index >= 15 is 0 Å². The van der Waals surface area contributed by atoms with E-state index in [1.54, 1.807) is 30.3 Å². The number of carbonyl (C=O) groups excluding carboxylic acids is 2. The van der Waals surface area contributed by atoms with Gasteiger partial charge in [0.25, 0.3) is 0 Å². The van der Waals surface area contributed by atoms with Crippen molar-refractivity contribution in [3.8, 4) is 17.1 Å². The van der Waals surface area contributed by atoms with E-state index in [0.29, 0.717) is 60.3 Å². The molecule has 1 aliphatic carbocycles. The van der Waals surface area contributed by atoms with Crippen LogP contribution in [0.2, 0.25) is 0 Å². The van der Waals surface area contributed by atoms with Crippen LogP contribution in [0.3, 0.4) is 0 Å². The molecule has 12 nitrogen and oxygen atoms in total. The van der Waals surface area contributed by atoms with Crippen molar-refractivity contribution in [3.05, 3.63) is 36.3 Å². The van der Waals surface area contributed by atoms with Gasteiger partial charge in [-0.25, -0.2) is 0 Å². The molecule has 0 atom stereocenters. The van der Waals surface area contributed by atoms with Crippen LogP contribution in [0, 0.1) is 5.92 Å². The fraction of sp³-hybridized carbons (Fsp3) is 0.333. The standard InChI is InChI=1S/C21H23N7O5.Zn/c1-32-9-8-28-11-22-19(27-28)13-4-3-5-14(18(13)33-2)23-15-10-16(24-20(29)12-6-7-12)25-26-17(15)21(30)31;/h3-5,10-12H,6-9H2,1-2H3,(H,30,31)(H2,23,24,25,29);/q;+1/p-1. The van der Waals surface area contributed by atoms with Crippen LogP contribution in [-0.2, 0) is 38.3 Å². The number of para-hydroxylation sites is 1. The maximum absolute atomic E-state index is 12.3. The molecule has 3 aromatic rings. The van der Waals surface area contributed by atoms with Crippen LogP contribution in [0.15, 0.2) is 30.6 Å². The molecule has 0 saturated heterocycles. The first-order valence-electron chi connectivity index (χ1n) is 10.5. The van der Waals surface area contributed by atoms with Gasteiger partial charge in [0.2, 0.25) is 0 Å². The zero-order valence-corrected chi connectivity index (χ0v) is 21.7. The summed E-state index contributed by atoms with van der Waals surface area (Å²) in [6.45, 7) is 1.07. The number of anilines is 3. The second-order valence-corrected chi connectivity index (χ2v) is 8.13. The number of hydrogen-bond acceptors (Lipinski definition) is 10. The molecular weight excluding hydrogens is 496 g/mol.